The molecule has 0 atom stereocenters. The molecule has 5 heteroatoms. The Morgan fingerprint density at radius 3 is 1.33 bits per heavy atom. The van der Waals surface area contributed by atoms with Gasteiger partial charge in [0.15, 0.2) is 9.84 Å². The van der Waals surface area contributed by atoms with Crippen LogP contribution in [0.4, 0.5) is 8.78 Å². The molecule has 0 spiro atoms. The van der Waals surface area contributed by atoms with Gasteiger partial charge in [0.25, 0.3) is 0 Å². The van der Waals surface area contributed by atoms with Gasteiger partial charge in [-0.05, 0) is 48.2 Å². The van der Waals surface area contributed by atoms with Crippen molar-refractivity contribution in [2.45, 2.75) is 12.8 Å². The van der Waals surface area contributed by atoms with Crippen LogP contribution in [0.2, 0.25) is 0 Å². The molecule has 2 nitrogen and oxygen atoms in total. The number of hydrogen-bond acceptors (Lipinski definition) is 2. The Morgan fingerprint density at radius 2 is 1.00 bits per heavy atom. The lowest BCUT2D eigenvalue weighted by molar-refractivity contribution is 0.594. The first-order valence-corrected chi connectivity index (χ1v) is 8.46. The average Bonchev–Trinajstić information content (AvgIpc) is 2.46. The largest absolute Gasteiger partial charge is 0.229 e. The molecule has 2 aromatic carbocycles. The number of halogens is 2. The van der Waals surface area contributed by atoms with Crippen LogP contribution in [0.25, 0.3) is 0 Å². The summed E-state index contributed by atoms with van der Waals surface area (Å²) >= 11 is 0. The predicted octanol–water partition coefficient (Wildman–Crippen LogP) is 3.16. The smallest absolute Gasteiger partial charge is 0.150 e. The molecule has 0 saturated carbocycles. The zero-order valence-corrected chi connectivity index (χ0v) is 12.2. The maximum Gasteiger partial charge on any atom is 0.150 e. The molecule has 0 aliphatic carbocycles. The highest BCUT2D eigenvalue weighted by Crippen LogP contribution is 2.08. The van der Waals surface area contributed by atoms with Crippen LogP contribution in [0.3, 0.4) is 0 Å². The molecule has 0 aliphatic heterocycles. The molecule has 0 aliphatic rings. The van der Waals surface area contributed by atoms with E-state index < -0.39 is 9.84 Å². The molecule has 0 bridgehead atoms. The van der Waals surface area contributed by atoms with Crippen LogP contribution in [0.5, 0.6) is 0 Å². The molecular formula is C16H16F2O2S. The highest BCUT2D eigenvalue weighted by Gasteiger charge is 2.11. The molecular weight excluding hydrogens is 294 g/mol. The Balaban J connectivity index is 1.87. The monoisotopic (exact) mass is 310 g/mol. The second kappa shape index (κ2) is 6.80. The summed E-state index contributed by atoms with van der Waals surface area (Å²) < 4.78 is 49.4. The van der Waals surface area contributed by atoms with Crippen LogP contribution < -0.4 is 0 Å². The molecule has 2 aromatic rings. The molecule has 0 unspecified atom stereocenters. The van der Waals surface area contributed by atoms with Crippen molar-refractivity contribution < 1.29 is 17.2 Å². The van der Waals surface area contributed by atoms with E-state index in [0.29, 0.717) is 12.8 Å². The quantitative estimate of drug-likeness (QED) is 0.821. The fourth-order valence-electron chi connectivity index (χ4n) is 1.95. The number of rotatable bonds is 6. The van der Waals surface area contributed by atoms with Crippen molar-refractivity contribution >= 4 is 9.84 Å². The van der Waals surface area contributed by atoms with Crippen molar-refractivity contribution in [2.24, 2.45) is 0 Å². The summed E-state index contributed by atoms with van der Waals surface area (Å²) in [4.78, 5) is 0. The Kier molecular flexibility index (Phi) is 5.07. The molecule has 0 radical (unpaired) electrons. The highest BCUT2D eigenvalue weighted by atomic mass is 32.2. The molecule has 0 aromatic heterocycles. The molecule has 2 rings (SSSR count). The van der Waals surface area contributed by atoms with Gasteiger partial charge in [-0.25, -0.2) is 17.2 Å². The maximum absolute atomic E-state index is 12.8. The van der Waals surface area contributed by atoms with Gasteiger partial charge in [-0.15, -0.1) is 0 Å². The minimum atomic E-state index is -3.19. The van der Waals surface area contributed by atoms with Gasteiger partial charge in [0.05, 0.1) is 11.5 Å². The summed E-state index contributed by atoms with van der Waals surface area (Å²) in [6, 6.07) is 11.6. The van der Waals surface area contributed by atoms with Crippen molar-refractivity contribution in [1.82, 2.24) is 0 Å². The Hall–Kier alpha value is -1.75. The van der Waals surface area contributed by atoms with Gasteiger partial charge >= 0.3 is 0 Å². The zero-order valence-electron chi connectivity index (χ0n) is 11.4. The van der Waals surface area contributed by atoms with E-state index in [1.54, 1.807) is 24.3 Å². The third-order valence-corrected chi connectivity index (χ3v) is 4.88. The van der Waals surface area contributed by atoms with Crippen molar-refractivity contribution in [2.75, 3.05) is 11.5 Å². The Morgan fingerprint density at radius 1 is 0.667 bits per heavy atom. The second-order valence-corrected chi connectivity index (χ2v) is 7.21. The SMILES string of the molecule is O=S(=O)(CCc1ccc(F)cc1)CCc1ccc(F)cc1. The predicted molar refractivity (Wildman–Crippen MR) is 78.9 cm³/mol. The molecule has 0 saturated heterocycles. The van der Waals surface area contributed by atoms with Crippen LogP contribution in [0.1, 0.15) is 11.1 Å². The molecule has 0 amide bonds. The molecule has 0 N–H and O–H groups in total. The number of hydrogen-bond donors (Lipinski definition) is 0. The van der Waals surface area contributed by atoms with Crippen LogP contribution in [-0.4, -0.2) is 19.9 Å². The van der Waals surface area contributed by atoms with Crippen molar-refractivity contribution in [3.8, 4) is 0 Å². The first-order valence-electron chi connectivity index (χ1n) is 6.64. The first kappa shape index (κ1) is 15.6. The lowest BCUT2D eigenvalue weighted by Crippen LogP contribution is -2.14. The maximum atomic E-state index is 12.8. The van der Waals surface area contributed by atoms with Crippen molar-refractivity contribution in [3.63, 3.8) is 0 Å². The van der Waals surface area contributed by atoms with Crippen LogP contribution in [0.15, 0.2) is 48.5 Å². The topological polar surface area (TPSA) is 34.1 Å². The molecule has 0 fully saturated rings. The summed E-state index contributed by atoms with van der Waals surface area (Å²) in [7, 11) is -3.19. The van der Waals surface area contributed by atoms with E-state index in [1.165, 1.54) is 24.3 Å². The van der Waals surface area contributed by atoms with Crippen LogP contribution in [0, 0.1) is 11.6 Å². The molecule has 0 heterocycles. The zero-order chi connectivity index (χ0) is 15.3. The molecule has 21 heavy (non-hydrogen) atoms. The van der Waals surface area contributed by atoms with Gasteiger partial charge in [0, 0.05) is 0 Å². The van der Waals surface area contributed by atoms with Gasteiger partial charge in [0.2, 0.25) is 0 Å². The summed E-state index contributed by atoms with van der Waals surface area (Å²) in [6.45, 7) is 0. The summed E-state index contributed by atoms with van der Waals surface area (Å²) in [5.74, 6) is -0.615. The summed E-state index contributed by atoms with van der Waals surface area (Å²) in [5, 5.41) is 0. The fourth-order valence-corrected chi connectivity index (χ4v) is 3.25. The second-order valence-electron chi connectivity index (χ2n) is 4.90. The third kappa shape index (κ3) is 5.27. The van der Waals surface area contributed by atoms with E-state index in [0.717, 1.165) is 11.1 Å². The van der Waals surface area contributed by atoms with E-state index in [2.05, 4.69) is 0 Å². The minimum absolute atomic E-state index is 0.0276. The third-order valence-electron chi connectivity index (χ3n) is 3.23. The molecule has 112 valence electrons. The van der Waals surface area contributed by atoms with E-state index in [1.807, 2.05) is 0 Å². The van der Waals surface area contributed by atoms with Gasteiger partial charge in [-0.2, -0.15) is 0 Å². The first-order chi connectivity index (χ1) is 9.94. The Bertz CT molecular complexity index is 622. The highest BCUT2D eigenvalue weighted by molar-refractivity contribution is 7.91. The van der Waals surface area contributed by atoms with Gasteiger partial charge in [-0.3, -0.25) is 0 Å². The van der Waals surface area contributed by atoms with Crippen LogP contribution >= 0.6 is 0 Å². The number of benzene rings is 2. The summed E-state index contributed by atoms with van der Waals surface area (Å²) in [6.07, 6.45) is 0.734. The van der Waals surface area contributed by atoms with E-state index >= 15 is 0 Å². The standard InChI is InChI=1S/C16H16F2O2S/c17-15-5-1-13(2-6-15)9-11-21(19,20)12-10-14-3-7-16(18)8-4-14/h1-8H,9-12H2. The minimum Gasteiger partial charge on any atom is -0.229 e. The fraction of sp³-hybridized carbons (Fsp3) is 0.250. The number of aryl methyl sites for hydroxylation is 2. The van der Waals surface area contributed by atoms with Crippen LogP contribution in [-0.2, 0) is 22.7 Å². The summed E-state index contributed by atoms with van der Waals surface area (Å²) in [5.41, 5.74) is 1.59. The van der Waals surface area contributed by atoms with Crippen molar-refractivity contribution in [3.05, 3.63) is 71.3 Å². The van der Waals surface area contributed by atoms with Gasteiger partial charge in [-0.1, -0.05) is 24.3 Å². The van der Waals surface area contributed by atoms with E-state index in [-0.39, 0.29) is 23.1 Å². The Labute approximate surface area is 123 Å². The lowest BCUT2D eigenvalue weighted by atomic mass is 10.2. The number of sulfone groups is 1. The van der Waals surface area contributed by atoms with Gasteiger partial charge in [0.1, 0.15) is 11.6 Å². The average molecular weight is 310 g/mol. The normalized spacial score (nSPS) is 11.5. The lowest BCUT2D eigenvalue weighted by Gasteiger charge is -2.05. The van der Waals surface area contributed by atoms with E-state index in [9.17, 15) is 17.2 Å². The van der Waals surface area contributed by atoms with E-state index in [4.69, 9.17) is 0 Å². The van der Waals surface area contributed by atoms with Crippen molar-refractivity contribution in [1.29, 1.82) is 0 Å². The van der Waals surface area contributed by atoms with Gasteiger partial charge < -0.3 is 0 Å².